The summed E-state index contributed by atoms with van der Waals surface area (Å²) in [6, 6.07) is 0.143. The second-order valence-corrected chi connectivity index (χ2v) is 7.43. The first-order valence-electron chi connectivity index (χ1n) is 8.42. The predicted molar refractivity (Wildman–Crippen MR) is 95.3 cm³/mol. The molecule has 6 nitrogen and oxygen atoms in total. The van der Waals surface area contributed by atoms with E-state index in [-0.39, 0.29) is 30.0 Å². The third-order valence-corrected chi connectivity index (χ3v) is 5.80. The molecular formula is C15H28ClN3O3S. The molecule has 3 aliphatic rings. The number of thioether (sulfide) groups is 1. The SMILES string of the molecule is CCNC1=N[C@@H]2[C@@H](O)[C@H](O)[C@@H](CNC3CCCCC3)O[C@@H]2S1.Cl. The highest BCUT2D eigenvalue weighted by Crippen LogP contribution is 2.35. The van der Waals surface area contributed by atoms with E-state index in [1.807, 2.05) is 6.92 Å². The van der Waals surface area contributed by atoms with Gasteiger partial charge < -0.3 is 25.6 Å². The second kappa shape index (κ2) is 8.87. The summed E-state index contributed by atoms with van der Waals surface area (Å²) in [6.45, 7) is 3.38. The Kier molecular flexibility index (Phi) is 7.44. The van der Waals surface area contributed by atoms with E-state index in [4.69, 9.17) is 4.74 Å². The first-order valence-corrected chi connectivity index (χ1v) is 9.30. The van der Waals surface area contributed by atoms with Crippen LogP contribution in [0, 0.1) is 0 Å². The highest BCUT2D eigenvalue weighted by molar-refractivity contribution is 8.14. The van der Waals surface area contributed by atoms with Gasteiger partial charge in [-0.15, -0.1) is 12.4 Å². The summed E-state index contributed by atoms with van der Waals surface area (Å²) in [5.74, 6) is 0. The number of nitrogens with one attached hydrogen (secondary N) is 2. The van der Waals surface area contributed by atoms with Crippen LogP contribution in [0.2, 0.25) is 0 Å². The molecule has 23 heavy (non-hydrogen) atoms. The fraction of sp³-hybridized carbons (Fsp3) is 0.933. The van der Waals surface area contributed by atoms with Crippen LogP contribution in [0.4, 0.5) is 0 Å². The number of halogens is 1. The fourth-order valence-corrected chi connectivity index (χ4v) is 4.61. The molecule has 0 radical (unpaired) electrons. The molecule has 1 saturated heterocycles. The Balaban J connectivity index is 0.00000192. The maximum atomic E-state index is 10.3. The molecule has 4 N–H and O–H groups in total. The lowest BCUT2D eigenvalue weighted by molar-refractivity contribution is -0.151. The fourth-order valence-electron chi connectivity index (χ4n) is 3.42. The van der Waals surface area contributed by atoms with Crippen molar-refractivity contribution in [1.82, 2.24) is 10.6 Å². The average Bonchev–Trinajstić information content (AvgIpc) is 2.94. The van der Waals surface area contributed by atoms with E-state index >= 15 is 0 Å². The van der Waals surface area contributed by atoms with E-state index < -0.39 is 12.2 Å². The van der Waals surface area contributed by atoms with Gasteiger partial charge in [-0.25, -0.2) is 0 Å². The summed E-state index contributed by atoms with van der Waals surface area (Å²) in [6.07, 6.45) is 4.14. The molecule has 1 aliphatic carbocycles. The van der Waals surface area contributed by atoms with E-state index in [1.54, 1.807) is 0 Å². The van der Waals surface area contributed by atoms with Gasteiger partial charge in [0.05, 0.1) is 0 Å². The van der Waals surface area contributed by atoms with Crippen molar-refractivity contribution in [2.75, 3.05) is 13.1 Å². The van der Waals surface area contributed by atoms with E-state index in [2.05, 4.69) is 15.6 Å². The number of aliphatic imine (C=N–C) groups is 1. The van der Waals surface area contributed by atoms with Crippen LogP contribution in [0.3, 0.4) is 0 Å². The van der Waals surface area contributed by atoms with E-state index in [9.17, 15) is 10.2 Å². The number of amidine groups is 1. The minimum Gasteiger partial charge on any atom is -0.388 e. The van der Waals surface area contributed by atoms with Crippen molar-refractivity contribution in [2.24, 2.45) is 4.99 Å². The monoisotopic (exact) mass is 365 g/mol. The summed E-state index contributed by atoms with van der Waals surface area (Å²) in [7, 11) is 0. The zero-order valence-electron chi connectivity index (χ0n) is 13.5. The molecule has 0 aromatic heterocycles. The zero-order chi connectivity index (χ0) is 15.5. The van der Waals surface area contributed by atoms with Crippen molar-refractivity contribution < 1.29 is 14.9 Å². The molecule has 2 aliphatic heterocycles. The average molecular weight is 366 g/mol. The van der Waals surface area contributed by atoms with Crippen molar-refractivity contribution in [3.05, 3.63) is 0 Å². The van der Waals surface area contributed by atoms with Crippen molar-refractivity contribution in [2.45, 2.75) is 74.9 Å². The molecule has 0 aromatic carbocycles. The van der Waals surface area contributed by atoms with Crippen LogP contribution in [-0.4, -0.2) is 64.3 Å². The Morgan fingerprint density at radius 1 is 1.22 bits per heavy atom. The van der Waals surface area contributed by atoms with Crippen molar-refractivity contribution >= 4 is 29.3 Å². The highest BCUT2D eigenvalue weighted by atomic mass is 35.5. The van der Waals surface area contributed by atoms with Gasteiger partial charge in [0.15, 0.2) is 5.17 Å². The van der Waals surface area contributed by atoms with Gasteiger partial charge in [0.2, 0.25) is 0 Å². The van der Waals surface area contributed by atoms with Crippen LogP contribution < -0.4 is 10.6 Å². The van der Waals surface area contributed by atoms with Crippen molar-refractivity contribution in [3.63, 3.8) is 0 Å². The van der Waals surface area contributed by atoms with Gasteiger partial charge in [-0.05, 0) is 19.8 Å². The number of hydrogen-bond acceptors (Lipinski definition) is 7. The molecular weight excluding hydrogens is 338 g/mol. The molecule has 8 heteroatoms. The number of rotatable bonds is 4. The van der Waals surface area contributed by atoms with Crippen LogP contribution in [-0.2, 0) is 4.74 Å². The zero-order valence-corrected chi connectivity index (χ0v) is 15.1. The lowest BCUT2D eigenvalue weighted by Gasteiger charge is -2.39. The predicted octanol–water partition coefficient (Wildman–Crippen LogP) is 0.858. The molecule has 0 aromatic rings. The normalized spacial score (nSPS) is 37.7. The number of aliphatic hydroxyl groups excluding tert-OH is 2. The largest absolute Gasteiger partial charge is 0.388 e. The maximum Gasteiger partial charge on any atom is 0.159 e. The lowest BCUT2D eigenvalue weighted by Crippen LogP contribution is -2.58. The van der Waals surface area contributed by atoms with Crippen LogP contribution in [0.5, 0.6) is 0 Å². The Hall–Kier alpha value is -0.0500. The molecule has 1 saturated carbocycles. The molecule has 0 unspecified atom stereocenters. The maximum absolute atomic E-state index is 10.3. The van der Waals surface area contributed by atoms with E-state index in [0.717, 1.165) is 11.7 Å². The highest BCUT2D eigenvalue weighted by Gasteiger charge is 2.48. The molecule has 3 rings (SSSR count). The smallest absolute Gasteiger partial charge is 0.159 e. The molecule has 0 amide bonds. The molecule has 134 valence electrons. The first kappa shape index (κ1) is 19.3. The minimum atomic E-state index is -0.886. The number of ether oxygens (including phenoxy) is 1. The Labute approximate surface area is 148 Å². The standard InChI is InChI=1S/C15H27N3O3S.ClH/c1-2-16-15-18-11-13(20)12(19)10(21-14(11)22-15)8-17-9-6-4-3-5-7-9;/h9-14,17,19-20H,2-8H2,1H3,(H,16,18);1H/t10-,11-,12-,13-,14-;/m1./s1. The summed E-state index contributed by atoms with van der Waals surface area (Å²) < 4.78 is 6.00. The number of fused-ring (bicyclic) bond motifs is 1. The van der Waals surface area contributed by atoms with Crippen LogP contribution >= 0.6 is 24.2 Å². The number of hydrogen-bond donors (Lipinski definition) is 4. The third kappa shape index (κ3) is 4.52. The van der Waals surface area contributed by atoms with Crippen LogP contribution in [0.1, 0.15) is 39.0 Å². The second-order valence-electron chi connectivity index (χ2n) is 6.34. The van der Waals surface area contributed by atoms with Crippen LogP contribution in [0.15, 0.2) is 4.99 Å². The Bertz CT molecular complexity index is 409. The summed E-state index contributed by atoms with van der Waals surface area (Å²) in [4.78, 5) is 4.43. The van der Waals surface area contributed by atoms with Gasteiger partial charge in [-0.3, -0.25) is 4.99 Å². The quantitative estimate of drug-likeness (QED) is 0.591. The van der Waals surface area contributed by atoms with E-state index in [0.29, 0.717) is 12.6 Å². The number of aliphatic hydroxyl groups is 2. The summed E-state index contributed by atoms with van der Waals surface area (Å²) in [5, 5.41) is 28.1. The molecule has 2 heterocycles. The Morgan fingerprint density at radius 3 is 2.65 bits per heavy atom. The van der Waals surface area contributed by atoms with E-state index in [1.165, 1.54) is 43.9 Å². The number of nitrogens with zero attached hydrogens (tertiary/aromatic N) is 1. The third-order valence-electron chi connectivity index (χ3n) is 4.70. The van der Waals surface area contributed by atoms with Gasteiger partial charge in [-0.2, -0.15) is 0 Å². The summed E-state index contributed by atoms with van der Waals surface area (Å²) >= 11 is 1.51. The Morgan fingerprint density at radius 2 is 1.96 bits per heavy atom. The van der Waals surface area contributed by atoms with Crippen LogP contribution in [0.25, 0.3) is 0 Å². The van der Waals surface area contributed by atoms with Gasteiger partial charge >= 0.3 is 0 Å². The molecule has 0 spiro atoms. The van der Waals surface area contributed by atoms with Crippen molar-refractivity contribution in [1.29, 1.82) is 0 Å². The van der Waals surface area contributed by atoms with Gasteiger partial charge in [0.1, 0.15) is 29.8 Å². The first-order chi connectivity index (χ1) is 10.7. The lowest BCUT2D eigenvalue weighted by atomic mass is 9.94. The van der Waals surface area contributed by atoms with Gasteiger partial charge in [-0.1, -0.05) is 31.0 Å². The van der Waals surface area contributed by atoms with Gasteiger partial charge in [0.25, 0.3) is 0 Å². The van der Waals surface area contributed by atoms with Gasteiger partial charge in [0, 0.05) is 19.1 Å². The summed E-state index contributed by atoms with van der Waals surface area (Å²) in [5.41, 5.74) is -0.203. The molecule has 5 atom stereocenters. The minimum absolute atomic E-state index is 0. The molecule has 2 fully saturated rings. The topological polar surface area (TPSA) is 86.1 Å². The molecule has 0 bridgehead atoms. The van der Waals surface area contributed by atoms with Crippen molar-refractivity contribution in [3.8, 4) is 0 Å².